The number of thioether (sulfide) groups is 1. The maximum Gasteiger partial charge on any atom is 0.273 e. The normalized spacial score (nSPS) is 11.2. The molecule has 0 saturated carbocycles. The summed E-state index contributed by atoms with van der Waals surface area (Å²) in [5, 5.41) is 0.446. The van der Waals surface area contributed by atoms with Crippen LogP contribution >= 0.6 is 35.3 Å². The second kappa shape index (κ2) is 8.29. The highest BCUT2D eigenvalue weighted by atomic mass is 32.2. The monoisotopic (exact) mass is 463 g/mol. The van der Waals surface area contributed by atoms with E-state index in [4.69, 9.17) is 17.0 Å². The maximum atomic E-state index is 13.5. The molecular formula is C20H15F2N3O2S3. The molecule has 0 aliphatic rings. The molecule has 30 heavy (non-hydrogen) atoms. The Labute approximate surface area is 183 Å². The van der Waals surface area contributed by atoms with Crippen LogP contribution in [0.5, 0.6) is 5.75 Å². The van der Waals surface area contributed by atoms with E-state index < -0.39 is 11.6 Å². The highest BCUT2D eigenvalue weighted by molar-refractivity contribution is 7.98. The number of hydrogen-bond acceptors (Lipinski definition) is 6. The van der Waals surface area contributed by atoms with Gasteiger partial charge in [0.25, 0.3) is 5.56 Å². The second-order valence-corrected chi connectivity index (χ2v) is 8.94. The molecule has 0 saturated heterocycles. The fraction of sp³-hybridized carbons (Fsp3) is 0.150. The van der Waals surface area contributed by atoms with Gasteiger partial charge in [-0.15, -0.1) is 0 Å². The van der Waals surface area contributed by atoms with Crippen molar-refractivity contribution in [1.29, 1.82) is 0 Å². The smallest absolute Gasteiger partial charge is 0.273 e. The number of methoxy groups -OCH3 is 1. The van der Waals surface area contributed by atoms with Crippen molar-refractivity contribution < 1.29 is 13.5 Å². The van der Waals surface area contributed by atoms with E-state index in [-0.39, 0.29) is 5.56 Å². The third-order valence-corrected chi connectivity index (χ3v) is 6.89. The molecule has 0 radical (unpaired) electrons. The summed E-state index contributed by atoms with van der Waals surface area (Å²) in [6.45, 7) is 0. The number of fused-ring (bicyclic) bond motifs is 1. The van der Waals surface area contributed by atoms with Crippen molar-refractivity contribution in [2.24, 2.45) is 7.05 Å². The van der Waals surface area contributed by atoms with Gasteiger partial charge in [0, 0.05) is 18.9 Å². The van der Waals surface area contributed by atoms with Crippen LogP contribution in [0, 0.1) is 15.6 Å². The molecule has 2 aromatic heterocycles. The van der Waals surface area contributed by atoms with Crippen molar-refractivity contribution in [1.82, 2.24) is 14.1 Å². The summed E-state index contributed by atoms with van der Waals surface area (Å²) < 4.78 is 36.0. The molecule has 10 heteroatoms. The van der Waals surface area contributed by atoms with Crippen LogP contribution in [0.4, 0.5) is 8.78 Å². The Morgan fingerprint density at radius 2 is 2.00 bits per heavy atom. The Balaban J connectivity index is 1.79. The molecule has 0 bridgehead atoms. The molecule has 0 aliphatic carbocycles. The molecule has 2 aromatic carbocycles. The Morgan fingerprint density at radius 1 is 1.20 bits per heavy atom. The number of aromatic nitrogens is 3. The van der Waals surface area contributed by atoms with Crippen molar-refractivity contribution in [2.75, 3.05) is 7.11 Å². The molecule has 4 aromatic rings. The Hall–Kier alpha value is -2.56. The Morgan fingerprint density at radius 3 is 2.73 bits per heavy atom. The third kappa shape index (κ3) is 3.78. The standard InChI is InChI=1S/C20H15F2N3O2S3/c1-24-18(26)16-17(23-19(24)29-10-11-6-7-14(21)15(22)8-11)25(20(28)30-16)12-4-3-5-13(9-12)27-2/h3-9H,10H2,1-2H3. The first-order valence-corrected chi connectivity index (χ1v) is 10.9. The SMILES string of the molecule is COc1cccc(-n2c(=S)sc3c(=O)n(C)c(SCc4ccc(F)c(F)c4)nc32)c1. The minimum Gasteiger partial charge on any atom is -0.497 e. The average Bonchev–Trinajstić information content (AvgIpc) is 3.08. The van der Waals surface area contributed by atoms with Crippen molar-refractivity contribution in [3.8, 4) is 11.4 Å². The molecule has 2 heterocycles. The maximum absolute atomic E-state index is 13.5. The summed E-state index contributed by atoms with van der Waals surface area (Å²) in [4.78, 5) is 17.6. The van der Waals surface area contributed by atoms with Gasteiger partial charge < -0.3 is 4.74 Å². The highest BCUT2D eigenvalue weighted by Gasteiger charge is 2.17. The third-order valence-electron chi connectivity index (χ3n) is 4.44. The van der Waals surface area contributed by atoms with Crippen molar-refractivity contribution in [3.05, 3.63) is 74.0 Å². The number of nitrogens with zero attached hydrogens (tertiary/aromatic N) is 3. The summed E-state index contributed by atoms with van der Waals surface area (Å²) >= 11 is 7.95. The van der Waals surface area contributed by atoms with Gasteiger partial charge in [0.2, 0.25) is 0 Å². The summed E-state index contributed by atoms with van der Waals surface area (Å²) in [5.74, 6) is -0.820. The predicted molar refractivity (Wildman–Crippen MR) is 117 cm³/mol. The molecular weight excluding hydrogens is 448 g/mol. The fourth-order valence-electron chi connectivity index (χ4n) is 2.90. The molecule has 0 unspecified atom stereocenters. The topological polar surface area (TPSA) is 49.0 Å². The largest absolute Gasteiger partial charge is 0.497 e. The van der Waals surface area contributed by atoms with Crippen molar-refractivity contribution in [2.45, 2.75) is 10.9 Å². The summed E-state index contributed by atoms with van der Waals surface area (Å²) in [6.07, 6.45) is 0. The number of rotatable bonds is 5. The number of halogens is 2. The van der Waals surface area contributed by atoms with Gasteiger partial charge >= 0.3 is 0 Å². The second-order valence-electron chi connectivity index (χ2n) is 6.35. The molecule has 4 rings (SSSR count). The van der Waals surface area contributed by atoms with Crippen molar-refractivity contribution >= 4 is 45.7 Å². The first-order chi connectivity index (χ1) is 14.4. The van der Waals surface area contributed by atoms with E-state index in [1.54, 1.807) is 18.7 Å². The summed E-state index contributed by atoms with van der Waals surface area (Å²) in [7, 11) is 3.20. The van der Waals surface area contributed by atoms with E-state index in [0.29, 0.717) is 36.5 Å². The lowest BCUT2D eigenvalue weighted by Gasteiger charge is -2.10. The summed E-state index contributed by atoms with van der Waals surface area (Å²) in [5.41, 5.74) is 1.56. The van der Waals surface area contributed by atoms with Crippen LogP contribution in [0.3, 0.4) is 0 Å². The minimum atomic E-state index is -0.908. The first-order valence-electron chi connectivity index (χ1n) is 8.73. The zero-order valence-electron chi connectivity index (χ0n) is 15.9. The lowest BCUT2D eigenvalue weighted by atomic mass is 10.2. The first kappa shape index (κ1) is 20.7. The van der Waals surface area contributed by atoms with Crippen LogP contribution in [0.25, 0.3) is 16.0 Å². The Kier molecular flexibility index (Phi) is 5.72. The van der Waals surface area contributed by atoms with Crippen LogP contribution in [0.15, 0.2) is 52.4 Å². The molecule has 0 N–H and O–H groups in total. The zero-order chi connectivity index (χ0) is 21.4. The summed E-state index contributed by atoms with van der Waals surface area (Å²) in [6, 6.07) is 11.1. The van der Waals surface area contributed by atoms with E-state index in [9.17, 15) is 13.6 Å². The molecule has 0 spiro atoms. The zero-order valence-corrected chi connectivity index (χ0v) is 18.3. The number of thiazole rings is 1. The van der Waals surface area contributed by atoms with Crippen LogP contribution in [-0.2, 0) is 12.8 Å². The fourth-order valence-corrected chi connectivity index (χ4v) is 5.15. The van der Waals surface area contributed by atoms with Gasteiger partial charge in [0.05, 0.1) is 12.8 Å². The number of hydrogen-bond donors (Lipinski definition) is 0. The number of benzene rings is 2. The lowest BCUT2D eigenvalue weighted by Crippen LogP contribution is -2.19. The predicted octanol–water partition coefficient (Wildman–Crippen LogP) is 5.09. The van der Waals surface area contributed by atoms with E-state index >= 15 is 0 Å². The van der Waals surface area contributed by atoms with Crippen LogP contribution in [-0.4, -0.2) is 21.2 Å². The van der Waals surface area contributed by atoms with E-state index in [0.717, 1.165) is 17.8 Å². The van der Waals surface area contributed by atoms with Gasteiger partial charge in [-0.2, -0.15) is 0 Å². The molecule has 0 aliphatic heterocycles. The molecule has 0 amide bonds. The van der Waals surface area contributed by atoms with E-state index in [1.165, 1.54) is 33.7 Å². The Bertz CT molecular complexity index is 1380. The van der Waals surface area contributed by atoms with Crippen LogP contribution < -0.4 is 10.3 Å². The van der Waals surface area contributed by atoms with Gasteiger partial charge in [-0.05, 0) is 42.0 Å². The molecule has 0 atom stereocenters. The van der Waals surface area contributed by atoms with Gasteiger partial charge in [-0.25, -0.2) is 13.8 Å². The van der Waals surface area contributed by atoms with E-state index in [1.807, 2.05) is 24.3 Å². The van der Waals surface area contributed by atoms with Crippen molar-refractivity contribution in [3.63, 3.8) is 0 Å². The van der Waals surface area contributed by atoms with Gasteiger partial charge in [-0.3, -0.25) is 13.9 Å². The van der Waals surface area contributed by atoms with Gasteiger partial charge in [-0.1, -0.05) is 35.2 Å². The lowest BCUT2D eigenvalue weighted by molar-refractivity contribution is 0.414. The average molecular weight is 464 g/mol. The molecule has 154 valence electrons. The quantitative estimate of drug-likeness (QED) is 0.234. The molecule has 5 nitrogen and oxygen atoms in total. The van der Waals surface area contributed by atoms with Crippen LogP contribution in [0.2, 0.25) is 0 Å². The van der Waals surface area contributed by atoms with Gasteiger partial charge in [0.1, 0.15) is 10.4 Å². The highest BCUT2D eigenvalue weighted by Crippen LogP contribution is 2.28. The minimum absolute atomic E-state index is 0.217. The van der Waals surface area contributed by atoms with Gasteiger partial charge in [0.15, 0.2) is 26.4 Å². The number of ether oxygens (including phenoxy) is 1. The van der Waals surface area contributed by atoms with E-state index in [2.05, 4.69) is 4.98 Å². The molecule has 0 fully saturated rings. The van der Waals surface area contributed by atoms with Crippen LogP contribution in [0.1, 0.15) is 5.56 Å².